The Balaban J connectivity index is 2.11. The number of nitrogens with zero attached hydrogens (tertiary/aromatic N) is 3. The van der Waals surface area contributed by atoms with Gasteiger partial charge in [0.25, 0.3) is 0 Å². The van der Waals surface area contributed by atoms with E-state index < -0.39 is 0 Å². The summed E-state index contributed by atoms with van der Waals surface area (Å²) in [6, 6.07) is 5.49. The van der Waals surface area contributed by atoms with Crippen LogP contribution in [0.4, 0.5) is 0 Å². The summed E-state index contributed by atoms with van der Waals surface area (Å²) in [7, 11) is 1.93. The first-order chi connectivity index (χ1) is 8.61. The quantitative estimate of drug-likeness (QED) is 0.863. The van der Waals surface area contributed by atoms with Gasteiger partial charge >= 0.3 is 0 Å². The zero-order valence-electron chi connectivity index (χ0n) is 10.2. The number of benzene rings is 1. The zero-order valence-corrected chi connectivity index (χ0v) is 12.5. The minimum atomic E-state index is 0.347. The third-order valence-electron chi connectivity index (χ3n) is 2.62. The molecule has 0 aliphatic rings. The molecule has 6 heteroatoms. The predicted octanol–water partition coefficient (Wildman–Crippen LogP) is 3.37. The van der Waals surface area contributed by atoms with Gasteiger partial charge in [0.05, 0.1) is 5.02 Å². The average molecular weight is 331 g/mol. The molecule has 1 heterocycles. The van der Waals surface area contributed by atoms with Gasteiger partial charge in [0.2, 0.25) is 0 Å². The molecule has 96 valence electrons. The molecule has 0 unspecified atom stereocenters. The van der Waals surface area contributed by atoms with Crippen LogP contribution in [0.1, 0.15) is 18.6 Å². The highest BCUT2D eigenvalue weighted by molar-refractivity contribution is 9.10. The molecule has 0 radical (unpaired) electrons. The molecule has 0 aliphatic heterocycles. The average Bonchev–Trinajstić information content (AvgIpc) is 2.71. The lowest BCUT2D eigenvalue weighted by molar-refractivity contribution is 0.291. The van der Waals surface area contributed by atoms with Crippen LogP contribution in [0.15, 0.2) is 22.7 Å². The molecule has 2 aromatic rings. The second kappa shape index (κ2) is 5.71. The Bertz CT molecular complexity index is 556. The van der Waals surface area contributed by atoms with Crippen LogP contribution in [0.5, 0.6) is 5.75 Å². The van der Waals surface area contributed by atoms with Crippen LogP contribution >= 0.6 is 27.5 Å². The van der Waals surface area contributed by atoms with Gasteiger partial charge in [-0.2, -0.15) is 0 Å². The van der Waals surface area contributed by atoms with Gasteiger partial charge in [-0.05, 0) is 18.2 Å². The van der Waals surface area contributed by atoms with Crippen molar-refractivity contribution in [2.75, 3.05) is 0 Å². The van der Waals surface area contributed by atoms with Gasteiger partial charge in [0.1, 0.15) is 18.2 Å². The van der Waals surface area contributed by atoms with Crippen LogP contribution in [0.3, 0.4) is 0 Å². The Morgan fingerprint density at radius 3 is 2.72 bits per heavy atom. The number of ether oxygens (including phenoxy) is 1. The van der Waals surface area contributed by atoms with E-state index in [0.29, 0.717) is 17.4 Å². The molecular formula is C12H13BrClN3O. The standard InChI is InChI=1S/C12H13BrClN3O/c1-3-11-15-16-12(17(11)2)7-18-10-6-8(13)4-5-9(10)14/h4-6H,3,7H2,1-2H3. The largest absolute Gasteiger partial charge is 0.484 e. The number of hydrogen-bond donors (Lipinski definition) is 0. The Hall–Kier alpha value is -1.07. The van der Waals surface area contributed by atoms with Crippen LogP contribution in [0.25, 0.3) is 0 Å². The van der Waals surface area contributed by atoms with Gasteiger partial charge in [0, 0.05) is 17.9 Å². The molecule has 0 amide bonds. The summed E-state index contributed by atoms with van der Waals surface area (Å²) in [5.41, 5.74) is 0. The number of aryl methyl sites for hydroxylation is 1. The van der Waals surface area contributed by atoms with Crippen molar-refractivity contribution in [2.24, 2.45) is 7.05 Å². The summed E-state index contributed by atoms with van der Waals surface area (Å²) >= 11 is 9.43. The lowest BCUT2D eigenvalue weighted by Crippen LogP contribution is -2.05. The third kappa shape index (κ3) is 2.84. The van der Waals surface area contributed by atoms with Crippen LogP contribution in [0.2, 0.25) is 5.02 Å². The van der Waals surface area contributed by atoms with E-state index in [1.54, 1.807) is 6.07 Å². The van der Waals surface area contributed by atoms with Crippen LogP contribution in [-0.4, -0.2) is 14.8 Å². The maximum atomic E-state index is 6.05. The molecule has 0 spiro atoms. The normalized spacial score (nSPS) is 10.7. The maximum absolute atomic E-state index is 6.05. The Kier molecular flexibility index (Phi) is 4.24. The monoisotopic (exact) mass is 329 g/mol. The second-order valence-corrected chi connectivity index (χ2v) is 5.13. The molecule has 4 nitrogen and oxygen atoms in total. The highest BCUT2D eigenvalue weighted by Gasteiger charge is 2.09. The molecule has 0 atom stereocenters. The van der Waals surface area contributed by atoms with E-state index >= 15 is 0 Å². The van der Waals surface area contributed by atoms with Crippen molar-refractivity contribution in [3.8, 4) is 5.75 Å². The summed E-state index contributed by atoms with van der Waals surface area (Å²) in [6.07, 6.45) is 0.848. The molecule has 0 saturated heterocycles. The van der Waals surface area contributed by atoms with Gasteiger partial charge in [-0.3, -0.25) is 0 Å². The first kappa shape index (κ1) is 13.4. The molecule has 0 N–H and O–H groups in total. The lowest BCUT2D eigenvalue weighted by Gasteiger charge is -2.08. The van der Waals surface area contributed by atoms with Crippen LogP contribution in [0, 0.1) is 0 Å². The summed E-state index contributed by atoms with van der Waals surface area (Å²) in [6.45, 7) is 2.39. The lowest BCUT2D eigenvalue weighted by atomic mass is 10.3. The molecule has 2 rings (SSSR count). The molecule has 0 aliphatic carbocycles. The first-order valence-corrected chi connectivity index (χ1v) is 6.74. The van der Waals surface area contributed by atoms with Gasteiger partial charge in [-0.15, -0.1) is 10.2 Å². The zero-order chi connectivity index (χ0) is 13.1. The number of aromatic nitrogens is 3. The molecule has 1 aromatic carbocycles. The highest BCUT2D eigenvalue weighted by Crippen LogP contribution is 2.28. The van der Waals surface area contributed by atoms with E-state index in [0.717, 1.165) is 22.5 Å². The van der Waals surface area contributed by atoms with Gasteiger partial charge in [0.15, 0.2) is 5.82 Å². The minimum Gasteiger partial charge on any atom is -0.484 e. The van der Waals surface area contributed by atoms with Crippen molar-refractivity contribution in [1.29, 1.82) is 0 Å². The van der Waals surface area contributed by atoms with Gasteiger partial charge < -0.3 is 9.30 Å². The van der Waals surface area contributed by atoms with E-state index in [9.17, 15) is 0 Å². The molecule has 0 bridgehead atoms. The fourth-order valence-corrected chi connectivity index (χ4v) is 2.07. The molecule has 0 saturated carbocycles. The van der Waals surface area contributed by atoms with Crippen molar-refractivity contribution >= 4 is 27.5 Å². The summed E-state index contributed by atoms with van der Waals surface area (Å²) < 4.78 is 8.52. The highest BCUT2D eigenvalue weighted by atomic mass is 79.9. The SMILES string of the molecule is CCc1nnc(COc2cc(Br)ccc2Cl)n1C. The Labute approximate surface area is 119 Å². The number of hydrogen-bond acceptors (Lipinski definition) is 3. The smallest absolute Gasteiger partial charge is 0.170 e. The third-order valence-corrected chi connectivity index (χ3v) is 3.43. The van der Waals surface area contributed by atoms with E-state index in [2.05, 4.69) is 26.1 Å². The fourth-order valence-electron chi connectivity index (χ4n) is 1.56. The summed E-state index contributed by atoms with van der Waals surface area (Å²) in [5, 5.41) is 8.74. The first-order valence-electron chi connectivity index (χ1n) is 5.56. The van der Waals surface area contributed by atoms with E-state index in [-0.39, 0.29) is 0 Å². The van der Waals surface area contributed by atoms with Crippen molar-refractivity contribution < 1.29 is 4.74 Å². The Morgan fingerprint density at radius 1 is 1.33 bits per heavy atom. The van der Waals surface area contributed by atoms with E-state index in [1.165, 1.54) is 0 Å². The summed E-state index contributed by atoms with van der Waals surface area (Å²) in [4.78, 5) is 0. The van der Waals surface area contributed by atoms with E-state index in [4.69, 9.17) is 16.3 Å². The number of halogens is 2. The van der Waals surface area contributed by atoms with Crippen molar-refractivity contribution in [3.05, 3.63) is 39.3 Å². The second-order valence-electron chi connectivity index (χ2n) is 3.81. The molecule has 1 aromatic heterocycles. The van der Waals surface area contributed by atoms with Crippen molar-refractivity contribution in [1.82, 2.24) is 14.8 Å². The molecule has 0 fully saturated rings. The van der Waals surface area contributed by atoms with Crippen molar-refractivity contribution in [2.45, 2.75) is 20.0 Å². The topological polar surface area (TPSA) is 39.9 Å². The molecule has 18 heavy (non-hydrogen) atoms. The van der Waals surface area contributed by atoms with Gasteiger partial charge in [-0.1, -0.05) is 34.5 Å². The van der Waals surface area contributed by atoms with Crippen LogP contribution < -0.4 is 4.74 Å². The van der Waals surface area contributed by atoms with Crippen LogP contribution in [-0.2, 0) is 20.1 Å². The minimum absolute atomic E-state index is 0.347. The predicted molar refractivity (Wildman–Crippen MR) is 73.9 cm³/mol. The molecular weight excluding hydrogens is 318 g/mol. The van der Waals surface area contributed by atoms with Crippen molar-refractivity contribution in [3.63, 3.8) is 0 Å². The fraction of sp³-hybridized carbons (Fsp3) is 0.333. The maximum Gasteiger partial charge on any atom is 0.170 e. The summed E-state index contributed by atoms with van der Waals surface area (Å²) in [5.74, 6) is 2.35. The van der Waals surface area contributed by atoms with E-state index in [1.807, 2.05) is 30.7 Å². The van der Waals surface area contributed by atoms with Gasteiger partial charge in [-0.25, -0.2) is 0 Å². The Morgan fingerprint density at radius 2 is 2.06 bits per heavy atom. The number of rotatable bonds is 4.